The number of carbonyl (C=O) groups excluding carboxylic acids is 2. The lowest BCUT2D eigenvalue weighted by atomic mass is 9.80. The summed E-state index contributed by atoms with van der Waals surface area (Å²) in [6, 6.07) is 8.74. The number of amides is 2. The molecule has 0 unspecified atom stereocenters. The molecule has 4 N–H and O–H groups in total. The number of carbonyl (C=O) groups is 2. The largest absolute Gasteiger partial charge is 0.403 e. The number of fused-ring (bicyclic) bond motifs is 1. The standard InChI is InChI=1S/C29H31F4N7O3/c1-27(2,43)24(30)15-36-25(41)20-14-35-22(23-4-3-19-9-17(11-34)13-38-40(19)23)10-21(20)39-18-7-16(8-18)12-37-26(42)28(5-6-28)29(31,32)33/h3-4,9-10,13-14,16,18,24,43H,5-8,12,15H2,1-2H3,(H,35,39)(H,36,41)(H,37,42)/t16?,18?,24-/m1/s1. The van der Waals surface area contributed by atoms with Gasteiger partial charge in [-0.1, -0.05) is 0 Å². The molecule has 5 rings (SSSR count). The summed E-state index contributed by atoms with van der Waals surface area (Å²) in [6.45, 7) is 2.28. The van der Waals surface area contributed by atoms with Crippen LogP contribution in [0.15, 0.2) is 36.7 Å². The van der Waals surface area contributed by atoms with E-state index in [4.69, 9.17) is 5.26 Å². The molecule has 0 aliphatic heterocycles. The molecule has 3 heterocycles. The number of pyridine rings is 1. The number of nitrogens with zero attached hydrogens (tertiary/aromatic N) is 4. The van der Waals surface area contributed by atoms with Gasteiger partial charge in [-0.15, -0.1) is 0 Å². The highest BCUT2D eigenvalue weighted by molar-refractivity contribution is 6.00. The van der Waals surface area contributed by atoms with E-state index in [0.717, 1.165) is 0 Å². The van der Waals surface area contributed by atoms with Crippen molar-refractivity contribution in [2.24, 2.45) is 11.3 Å². The molecule has 2 saturated carbocycles. The zero-order chi connectivity index (χ0) is 31.2. The maximum atomic E-state index is 14.3. The van der Waals surface area contributed by atoms with Crippen LogP contribution in [0.4, 0.5) is 23.2 Å². The fourth-order valence-electron chi connectivity index (χ4n) is 5.09. The third-order valence-corrected chi connectivity index (χ3v) is 8.12. The molecule has 43 heavy (non-hydrogen) atoms. The molecule has 2 aliphatic carbocycles. The van der Waals surface area contributed by atoms with Gasteiger partial charge in [0.15, 0.2) is 0 Å². The van der Waals surface area contributed by atoms with Crippen LogP contribution < -0.4 is 16.0 Å². The van der Waals surface area contributed by atoms with Crippen molar-refractivity contribution in [2.75, 3.05) is 18.4 Å². The highest BCUT2D eigenvalue weighted by Crippen LogP contribution is 2.57. The molecule has 14 heteroatoms. The minimum atomic E-state index is -4.56. The maximum absolute atomic E-state index is 14.3. The lowest BCUT2D eigenvalue weighted by Crippen LogP contribution is -2.46. The monoisotopic (exact) mass is 601 g/mol. The number of alkyl halides is 4. The van der Waals surface area contributed by atoms with Crippen molar-refractivity contribution < 1.29 is 32.3 Å². The van der Waals surface area contributed by atoms with E-state index in [0.29, 0.717) is 41.0 Å². The fraction of sp³-hybridized carbons (Fsp3) is 0.483. The number of anilines is 1. The van der Waals surface area contributed by atoms with Gasteiger partial charge in [-0.3, -0.25) is 14.6 Å². The molecule has 0 spiro atoms. The Kier molecular flexibility index (Phi) is 7.81. The smallest absolute Gasteiger partial charge is 0.387 e. The number of aliphatic hydroxyl groups is 1. The van der Waals surface area contributed by atoms with Crippen LogP contribution in [0.2, 0.25) is 0 Å². The van der Waals surface area contributed by atoms with Gasteiger partial charge in [0, 0.05) is 18.8 Å². The van der Waals surface area contributed by atoms with E-state index in [9.17, 15) is 32.3 Å². The van der Waals surface area contributed by atoms with Crippen molar-refractivity contribution in [3.8, 4) is 17.5 Å². The van der Waals surface area contributed by atoms with E-state index in [1.165, 1.54) is 26.2 Å². The quantitative estimate of drug-likeness (QED) is 0.259. The van der Waals surface area contributed by atoms with Crippen molar-refractivity contribution >= 4 is 23.0 Å². The van der Waals surface area contributed by atoms with Gasteiger partial charge in [0.1, 0.15) is 17.7 Å². The summed E-state index contributed by atoms with van der Waals surface area (Å²) < 4.78 is 55.6. The minimum absolute atomic E-state index is 0.0451. The molecule has 3 aromatic rings. The zero-order valence-electron chi connectivity index (χ0n) is 23.5. The number of rotatable bonds is 10. The van der Waals surface area contributed by atoms with Crippen LogP contribution in [0, 0.1) is 22.7 Å². The molecule has 0 aromatic carbocycles. The van der Waals surface area contributed by atoms with Crippen LogP contribution >= 0.6 is 0 Å². The second kappa shape index (κ2) is 11.1. The number of aromatic nitrogens is 3. The Morgan fingerprint density at radius 3 is 2.53 bits per heavy atom. The Hall–Kier alpha value is -4.25. The van der Waals surface area contributed by atoms with Gasteiger partial charge in [-0.05, 0) is 69.7 Å². The fourth-order valence-corrected chi connectivity index (χ4v) is 5.09. The third kappa shape index (κ3) is 6.13. The Labute approximate surface area is 244 Å². The first-order chi connectivity index (χ1) is 20.2. The van der Waals surface area contributed by atoms with E-state index in [1.54, 1.807) is 28.8 Å². The summed E-state index contributed by atoms with van der Waals surface area (Å²) >= 11 is 0. The molecule has 2 amide bonds. The number of hydrogen-bond acceptors (Lipinski definition) is 7. The topological polar surface area (TPSA) is 144 Å². The van der Waals surface area contributed by atoms with Crippen molar-refractivity contribution in [3.05, 3.63) is 47.8 Å². The van der Waals surface area contributed by atoms with E-state index >= 15 is 0 Å². The highest BCUT2D eigenvalue weighted by atomic mass is 19.4. The van der Waals surface area contributed by atoms with Crippen molar-refractivity contribution in [1.82, 2.24) is 25.2 Å². The molecule has 0 bridgehead atoms. The van der Waals surface area contributed by atoms with E-state index in [-0.39, 0.29) is 36.9 Å². The Balaban J connectivity index is 1.31. The summed E-state index contributed by atoms with van der Waals surface area (Å²) in [5, 5.41) is 31.6. The molecule has 0 radical (unpaired) electrons. The Morgan fingerprint density at radius 2 is 1.91 bits per heavy atom. The number of hydrogen-bond donors (Lipinski definition) is 4. The first kappa shape index (κ1) is 30.2. The van der Waals surface area contributed by atoms with Gasteiger partial charge in [0.2, 0.25) is 5.91 Å². The van der Waals surface area contributed by atoms with Crippen molar-refractivity contribution in [1.29, 1.82) is 5.26 Å². The van der Waals surface area contributed by atoms with E-state index in [1.807, 2.05) is 6.07 Å². The molecular formula is C29H31F4N7O3. The number of halogens is 4. The molecule has 2 fully saturated rings. The molecule has 2 aliphatic rings. The zero-order valence-corrected chi connectivity index (χ0v) is 23.5. The van der Waals surface area contributed by atoms with Crippen LogP contribution in [0.25, 0.3) is 16.9 Å². The Bertz CT molecular complexity index is 1580. The van der Waals surface area contributed by atoms with Gasteiger partial charge in [0.25, 0.3) is 5.91 Å². The summed E-state index contributed by atoms with van der Waals surface area (Å²) in [7, 11) is 0. The van der Waals surface area contributed by atoms with Crippen LogP contribution in [0.5, 0.6) is 0 Å². The second-order valence-electron chi connectivity index (χ2n) is 11.8. The average Bonchev–Trinajstić information content (AvgIpc) is 3.66. The van der Waals surface area contributed by atoms with Gasteiger partial charge >= 0.3 is 6.18 Å². The second-order valence-corrected chi connectivity index (χ2v) is 11.8. The summed E-state index contributed by atoms with van der Waals surface area (Å²) in [5.41, 5.74) is -1.29. The summed E-state index contributed by atoms with van der Waals surface area (Å²) in [4.78, 5) is 29.7. The molecule has 228 valence electrons. The van der Waals surface area contributed by atoms with Crippen LogP contribution in [-0.2, 0) is 4.79 Å². The first-order valence-electron chi connectivity index (χ1n) is 13.9. The SMILES string of the molecule is CC(C)(O)[C@H](F)CNC(=O)c1cnc(-c2ccc3cc(C#N)cnn23)cc1NC1CC(CNC(=O)C2(C(F)(F)F)CC2)C1. The lowest BCUT2D eigenvalue weighted by Gasteiger charge is -2.37. The van der Waals surface area contributed by atoms with Crippen molar-refractivity contribution in [2.45, 2.75) is 63.5 Å². The molecule has 0 saturated heterocycles. The van der Waals surface area contributed by atoms with Gasteiger partial charge in [-0.25, -0.2) is 8.91 Å². The maximum Gasteiger partial charge on any atom is 0.403 e. The molecule has 10 nitrogen and oxygen atoms in total. The van der Waals surface area contributed by atoms with Gasteiger partial charge < -0.3 is 21.1 Å². The number of nitriles is 1. The van der Waals surface area contributed by atoms with Crippen LogP contribution in [0.1, 0.15) is 55.5 Å². The van der Waals surface area contributed by atoms with Gasteiger partial charge in [-0.2, -0.15) is 23.5 Å². The number of nitrogens with one attached hydrogen (secondary N) is 3. The highest BCUT2D eigenvalue weighted by Gasteiger charge is 2.68. The minimum Gasteiger partial charge on any atom is -0.387 e. The molecule has 3 aromatic heterocycles. The van der Waals surface area contributed by atoms with Crippen LogP contribution in [-0.4, -0.2) is 68.6 Å². The van der Waals surface area contributed by atoms with Gasteiger partial charge in [0.05, 0.1) is 52.1 Å². The Morgan fingerprint density at radius 1 is 1.19 bits per heavy atom. The van der Waals surface area contributed by atoms with E-state index < -0.39 is 41.7 Å². The first-order valence-corrected chi connectivity index (χ1v) is 13.9. The lowest BCUT2D eigenvalue weighted by molar-refractivity contribution is -0.192. The van der Waals surface area contributed by atoms with Crippen LogP contribution in [0.3, 0.4) is 0 Å². The van der Waals surface area contributed by atoms with Crippen molar-refractivity contribution in [3.63, 3.8) is 0 Å². The predicted molar refractivity (Wildman–Crippen MR) is 148 cm³/mol. The normalized spacial score (nSPS) is 20.0. The third-order valence-electron chi connectivity index (χ3n) is 8.12. The molecule has 1 atom stereocenters. The average molecular weight is 602 g/mol. The molecular weight excluding hydrogens is 570 g/mol. The summed E-state index contributed by atoms with van der Waals surface area (Å²) in [5.74, 6) is -1.65. The van der Waals surface area contributed by atoms with E-state index in [2.05, 4.69) is 26.0 Å². The summed E-state index contributed by atoms with van der Waals surface area (Å²) in [6.07, 6.45) is -2.84. The predicted octanol–water partition coefficient (Wildman–Crippen LogP) is 3.76.